The van der Waals surface area contributed by atoms with E-state index in [4.69, 9.17) is 5.10 Å². The number of carbonyl (C=O) groups is 1. The van der Waals surface area contributed by atoms with Crippen LogP contribution in [0, 0.1) is 0 Å². The van der Waals surface area contributed by atoms with E-state index in [1.807, 2.05) is 0 Å². The third kappa shape index (κ3) is 3.74. The smallest absolute Gasteiger partial charge is 0.274 e. The monoisotopic (exact) mass is 379 g/mol. The van der Waals surface area contributed by atoms with Crippen LogP contribution in [-0.2, 0) is 18.4 Å². The number of benzene rings is 1. The first kappa shape index (κ1) is 19.2. The number of hydrogen-bond donors (Lipinski definition) is 0. The van der Waals surface area contributed by atoms with Crippen LogP contribution in [0.1, 0.15) is 86.6 Å². The predicted octanol–water partition coefficient (Wildman–Crippen LogP) is 4.93. The molecule has 2 aromatic rings. The number of aromatic nitrogens is 2. The molecule has 1 aromatic carbocycles. The molecule has 150 valence electrons. The van der Waals surface area contributed by atoms with Crippen LogP contribution >= 0.6 is 0 Å². The van der Waals surface area contributed by atoms with Gasteiger partial charge in [-0.3, -0.25) is 9.48 Å². The molecule has 0 spiro atoms. The van der Waals surface area contributed by atoms with Crippen molar-refractivity contribution in [1.29, 1.82) is 0 Å². The fraction of sp³-hybridized carbons (Fsp3) is 0.583. The van der Waals surface area contributed by atoms with E-state index < -0.39 is 0 Å². The first-order valence-electron chi connectivity index (χ1n) is 10.9. The highest BCUT2D eigenvalue weighted by Crippen LogP contribution is 2.42. The van der Waals surface area contributed by atoms with Crippen LogP contribution < -0.4 is 0 Å². The Bertz CT molecular complexity index is 857. The molecule has 4 nitrogen and oxygen atoms in total. The van der Waals surface area contributed by atoms with Gasteiger partial charge in [0, 0.05) is 24.2 Å². The summed E-state index contributed by atoms with van der Waals surface area (Å²) in [5.41, 5.74) is 4.60. The normalized spacial score (nSPS) is 19.4. The van der Waals surface area contributed by atoms with Crippen LogP contribution in [-0.4, -0.2) is 33.2 Å². The van der Waals surface area contributed by atoms with E-state index in [1.165, 1.54) is 29.7 Å². The lowest BCUT2D eigenvalue weighted by Crippen LogP contribution is -2.44. The zero-order chi connectivity index (χ0) is 19.9. The molecule has 0 radical (unpaired) electrons. The maximum atomic E-state index is 13.5. The second-order valence-corrected chi connectivity index (χ2v) is 9.48. The van der Waals surface area contributed by atoms with Gasteiger partial charge in [0.15, 0.2) is 5.69 Å². The first-order chi connectivity index (χ1) is 13.4. The van der Waals surface area contributed by atoms with Crippen molar-refractivity contribution in [3.63, 3.8) is 0 Å². The Morgan fingerprint density at radius 1 is 1.18 bits per heavy atom. The maximum Gasteiger partial charge on any atom is 0.274 e. The summed E-state index contributed by atoms with van der Waals surface area (Å²) in [6.07, 6.45) is 6.45. The third-order valence-corrected chi connectivity index (χ3v) is 6.07. The summed E-state index contributed by atoms with van der Waals surface area (Å²) in [5.74, 6) is 0.686. The minimum absolute atomic E-state index is 0.101. The van der Waals surface area contributed by atoms with Crippen LogP contribution in [0.25, 0.3) is 0 Å². The predicted molar refractivity (Wildman–Crippen MR) is 113 cm³/mol. The van der Waals surface area contributed by atoms with Crippen molar-refractivity contribution in [1.82, 2.24) is 14.7 Å². The topological polar surface area (TPSA) is 38.1 Å². The zero-order valence-corrected chi connectivity index (χ0v) is 17.7. The van der Waals surface area contributed by atoms with Crippen molar-refractivity contribution in [2.75, 3.05) is 6.54 Å². The molecule has 1 unspecified atom stereocenters. The molecule has 4 rings (SSSR count). The molecule has 4 heteroatoms. The molecule has 1 amide bonds. The van der Waals surface area contributed by atoms with Crippen LogP contribution in [0.15, 0.2) is 30.3 Å². The zero-order valence-electron chi connectivity index (χ0n) is 17.7. The quantitative estimate of drug-likeness (QED) is 0.739. The van der Waals surface area contributed by atoms with Crippen LogP contribution in [0.5, 0.6) is 0 Å². The highest BCUT2D eigenvalue weighted by Gasteiger charge is 2.35. The largest absolute Gasteiger partial charge is 0.334 e. The molecule has 0 saturated heterocycles. The Morgan fingerprint density at radius 3 is 2.54 bits per heavy atom. The fourth-order valence-corrected chi connectivity index (χ4v) is 4.49. The number of hydrogen-bond acceptors (Lipinski definition) is 2. The number of rotatable bonds is 5. The highest BCUT2D eigenvalue weighted by molar-refractivity contribution is 5.92. The van der Waals surface area contributed by atoms with Gasteiger partial charge >= 0.3 is 0 Å². The minimum atomic E-state index is -0.101. The average molecular weight is 380 g/mol. The molecule has 1 aromatic heterocycles. The molecule has 0 N–H and O–H groups in total. The minimum Gasteiger partial charge on any atom is -0.334 e. The van der Waals surface area contributed by atoms with Gasteiger partial charge < -0.3 is 4.90 Å². The van der Waals surface area contributed by atoms with Gasteiger partial charge in [-0.1, -0.05) is 31.2 Å². The Morgan fingerprint density at radius 2 is 1.89 bits per heavy atom. The molecule has 28 heavy (non-hydrogen) atoms. The molecule has 1 atom stereocenters. The lowest BCUT2D eigenvalue weighted by molar-refractivity contribution is 0.0654. The lowest BCUT2D eigenvalue weighted by atomic mass is 9.87. The molecule has 2 aliphatic rings. The summed E-state index contributed by atoms with van der Waals surface area (Å²) in [6, 6.07) is 11.0. The van der Waals surface area contributed by atoms with E-state index in [0.717, 1.165) is 32.2 Å². The van der Waals surface area contributed by atoms with Gasteiger partial charge in [-0.25, -0.2) is 0 Å². The number of nitrogens with zero attached hydrogens (tertiary/aromatic N) is 3. The van der Waals surface area contributed by atoms with Crippen LogP contribution in [0.2, 0.25) is 0 Å². The Labute approximate surface area is 168 Å². The molecular formula is C24H33N3O. The second kappa shape index (κ2) is 7.38. The van der Waals surface area contributed by atoms with Gasteiger partial charge in [-0.15, -0.1) is 0 Å². The number of carbonyl (C=O) groups excluding carboxylic acids is 1. The van der Waals surface area contributed by atoms with Crippen molar-refractivity contribution in [2.45, 2.75) is 83.7 Å². The van der Waals surface area contributed by atoms with Crippen molar-refractivity contribution >= 4 is 5.91 Å². The Hall–Kier alpha value is -2.10. The second-order valence-electron chi connectivity index (χ2n) is 9.48. The van der Waals surface area contributed by atoms with Crippen LogP contribution in [0.4, 0.5) is 0 Å². The van der Waals surface area contributed by atoms with Gasteiger partial charge in [0.1, 0.15) is 0 Å². The average Bonchev–Trinajstić information content (AvgIpc) is 3.42. The van der Waals surface area contributed by atoms with Crippen molar-refractivity contribution in [3.05, 3.63) is 52.8 Å². The maximum absolute atomic E-state index is 13.5. The number of amides is 1. The Balaban J connectivity index is 1.61. The van der Waals surface area contributed by atoms with Gasteiger partial charge in [-0.2, -0.15) is 5.10 Å². The first-order valence-corrected chi connectivity index (χ1v) is 10.9. The van der Waals surface area contributed by atoms with Gasteiger partial charge in [0.05, 0.1) is 5.54 Å². The molecule has 2 aliphatic carbocycles. The van der Waals surface area contributed by atoms with Crippen molar-refractivity contribution in [2.24, 2.45) is 0 Å². The molecule has 1 saturated carbocycles. The molecular weight excluding hydrogens is 346 g/mol. The van der Waals surface area contributed by atoms with E-state index in [1.54, 1.807) is 0 Å². The summed E-state index contributed by atoms with van der Waals surface area (Å²) < 4.78 is 2.10. The van der Waals surface area contributed by atoms with Gasteiger partial charge in [-0.05, 0) is 76.5 Å². The van der Waals surface area contributed by atoms with E-state index in [2.05, 4.69) is 67.6 Å². The summed E-state index contributed by atoms with van der Waals surface area (Å²) in [5, 5.41) is 4.81. The van der Waals surface area contributed by atoms with E-state index >= 15 is 0 Å². The molecule has 1 heterocycles. The number of aryl methyl sites for hydroxylation is 1. The number of fused-ring (bicyclic) bond motifs is 1. The van der Waals surface area contributed by atoms with E-state index in [-0.39, 0.29) is 17.5 Å². The van der Waals surface area contributed by atoms with E-state index in [0.29, 0.717) is 11.6 Å². The molecule has 1 fully saturated rings. The standard InChI is InChI=1S/C24H33N3O/c1-5-14-26(20-13-12-17-8-6-7-9-19(17)15-20)23(28)21-16-22(18-10-11-18)27(25-21)24(2,3)4/h6-9,16,18,20H,5,10-15H2,1-4H3. The van der Waals surface area contributed by atoms with Gasteiger partial charge in [0.25, 0.3) is 5.91 Å². The van der Waals surface area contributed by atoms with Crippen molar-refractivity contribution < 1.29 is 4.79 Å². The van der Waals surface area contributed by atoms with Gasteiger partial charge in [0.2, 0.25) is 0 Å². The lowest BCUT2D eigenvalue weighted by Gasteiger charge is -2.35. The summed E-state index contributed by atoms with van der Waals surface area (Å²) in [7, 11) is 0. The molecule has 0 aliphatic heterocycles. The molecule has 0 bridgehead atoms. The fourth-order valence-electron chi connectivity index (χ4n) is 4.49. The summed E-state index contributed by atoms with van der Waals surface area (Å²) in [6.45, 7) is 9.46. The summed E-state index contributed by atoms with van der Waals surface area (Å²) in [4.78, 5) is 15.6. The van der Waals surface area contributed by atoms with Crippen molar-refractivity contribution in [3.8, 4) is 0 Å². The van der Waals surface area contributed by atoms with Crippen LogP contribution in [0.3, 0.4) is 0 Å². The summed E-state index contributed by atoms with van der Waals surface area (Å²) >= 11 is 0. The third-order valence-electron chi connectivity index (χ3n) is 6.07. The highest BCUT2D eigenvalue weighted by atomic mass is 16.2. The SMILES string of the molecule is CCCN(C(=O)c1cc(C2CC2)n(C(C)(C)C)n1)C1CCc2ccccc2C1. The Kier molecular flexibility index (Phi) is 5.07. The van der Waals surface area contributed by atoms with E-state index in [9.17, 15) is 4.79 Å².